The lowest BCUT2D eigenvalue weighted by molar-refractivity contribution is -0.137. The first-order chi connectivity index (χ1) is 12.8. The molecule has 0 fully saturated rings. The van der Waals surface area contributed by atoms with Gasteiger partial charge in [0, 0.05) is 18.5 Å². The fraction of sp³-hybridized carbons (Fsp3) is 0.211. The van der Waals surface area contributed by atoms with Crippen LogP contribution in [0.25, 0.3) is 0 Å². The van der Waals surface area contributed by atoms with Crippen molar-refractivity contribution in [3.05, 3.63) is 65.0 Å². The van der Waals surface area contributed by atoms with Gasteiger partial charge in [-0.3, -0.25) is 0 Å². The normalized spacial score (nSPS) is 10.7. The number of halogens is 4. The molecule has 0 atom stereocenters. The van der Waals surface area contributed by atoms with E-state index >= 15 is 0 Å². The molecular formula is C19H16F4N2O2. The minimum atomic E-state index is -4.70. The van der Waals surface area contributed by atoms with E-state index < -0.39 is 34.9 Å². The molecule has 27 heavy (non-hydrogen) atoms. The SMILES string of the molecule is Nc1cc(C(F)(F)F)c(C#CCCNC(=O)OCc2ccccc2)cc1F. The third kappa shape index (κ3) is 6.22. The van der Waals surface area contributed by atoms with E-state index in [-0.39, 0.29) is 19.6 Å². The predicted octanol–water partition coefficient (Wildman–Crippen LogP) is 4.09. The molecule has 4 nitrogen and oxygen atoms in total. The lowest BCUT2D eigenvalue weighted by atomic mass is 10.1. The van der Waals surface area contributed by atoms with Crippen LogP contribution in [-0.4, -0.2) is 12.6 Å². The van der Waals surface area contributed by atoms with Crippen LogP contribution < -0.4 is 11.1 Å². The van der Waals surface area contributed by atoms with Crippen LogP contribution in [0.2, 0.25) is 0 Å². The number of rotatable bonds is 4. The van der Waals surface area contributed by atoms with Crippen LogP contribution in [0.5, 0.6) is 0 Å². The predicted molar refractivity (Wildman–Crippen MR) is 91.9 cm³/mol. The Bertz CT molecular complexity index is 856. The fourth-order valence-corrected chi connectivity index (χ4v) is 2.09. The maximum Gasteiger partial charge on any atom is 0.417 e. The Labute approximate surface area is 153 Å². The lowest BCUT2D eigenvalue weighted by Gasteiger charge is -2.10. The van der Waals surface area contributed by atoms with E-state index in [1.807, 2.05) is 6.07 Å². The molecule has 2 aromatic rings. The zero-order valence-electron chi connectivity index (χ0n) is 14.1. The van der Waals surface area contributed by atoms with E-state index in [9.17, 15) is 22.4 Å². The second-order valence-corrected chi connectivity index (χ2v) is 5.46. The number of carbonyl (C=O) groups excluding carboxylic acids is 1. The third-order valence-corrected chi connectivity index (χ3v) is 3.40. The summed E-state index contributed by atoms with van der Waals surface area (Å²) in [6.45, 7) is 0.164. The highest BCUT2D eigenvalue weighted by atomic mass is 19.4. The highest BCUT2D eigenvalue weighted by Crippen LogP contribution is 2.33. The van der Waals surface area contributed by atoms with Crippen molar-refractivity contribution < 1.29 is 27.1 Å². The fourth-order valence-electron chi connectivity index (χ4n) is 2.09. The highest BCUT2D eigenvalue weighted by Gasteiger charge is 2.34. The molecule has 0 aliphatic rings. The maximum absolute atomic E-state index is 13.4. The number of nitrogens with one attached hydrogen (secondary N) is 1. The van der Waals surface area contributed by atoms with Gasteiger partial charge >= 0.3 is 12.3 Å². The summed E-state index contributed by atoms with van der Waals surface area (Å²) in [5.41, 5.74) is 3.78. The van der Waals surface area contributed by atoms with Crippen LogP contribution in [0.3, 0.4) is 0 Å². The van der Waals surface area contributed by atoms with Gasteiger partial charge < -0.3 is 15.8 Å². The topological polar surface area (TPSA) is 64.3 Å². The third-order valence-electron chi connectivity index (χ3n) is 3.40. The molecule has 2 aromatic carbocycles. The summed E-state index contributed by atoms with van der Waals surface area (Å²) in [5.74, 6) is 3.75. The molecule has 3 N–H and O–H groups in total. The number of nitrogens with two attached hydrogens (primary N) is 1. The van der Waals surface area contributed by atoms with Crippen molar-refractivity contribution in [2.24, 2.45) is 0 Å². The molecule has 1 amide bonds. The molecule has 142 valence electrons. The first-order valence-electron chi connectivity index (χ1n) is 7.87. The molecule has 0 aliphatic carbocycles. The molecule has 0 spiro atoms. The summed E-state index contributed by atoms with van der Waals surface area (Å²) in [6.07, 6.45) is -5.31. The Morgan fingerprint density at radius 2 is 1.89 bits per heavy atom. The van der Waals surface area contributed by atoms with Crippen molar-refractivity contribution in [2.45, 2.75) is 19.2 Å². The molecular weight excluding hydrogens is 364 g/mol. The van der Waals surface area contributed by atoms with Crippen molar-refractivity contribution in [1.82, 2.24) is 5.32 Å². The number of hydrogen-bond acceptors (Lipinski definition) is 3. The molecule has 2 rings (SSSR count). The number of alkyl carbamates (subject to hydrolysis) is 1. The summed E-state index contributed by atoms with van der Waals surface area (Å²) >= 11 is 0. The van der Waals surface area contributed by atoms with Gasteiger partial charge in [-0.1, -0.05) is 42.2 Å². The van der Waals surface area contributed by atoms with E-state index in [2.05, 4.69) is 17.2 Å². The molecule has 0 aromatic heterocycles. The van der Waals surface area contributed by atoms with E-state index in [0.717, 1.165) is 5.56 Å². The zero-order valence-corrected chi connectivity index (χ0v) is 14.1. The first kappa shape index (κ1) is 20.1. The average Bonchev–Trinajstić information content (AvgIpc) is 2.62. The molecule has 0 bridgehead atoms. The Hall–Kier alpha value is -3.21. The summed E-state index contributed by atoms with van der Waals surface area (Å²) < 4.78 is 57.2. The monoisotopic (exact) mass is 380 g/mol. The van der Waals surface area contributed by atoms with Gasteiger partial charge in [0.2, 0.25) is 0 Å². The number of ether oxygens (including phenoxy) is 1. The van der Waals surface area contributed by atoms with E-state index in [1.54, 1.807) is 24.3 Å². The van der Waals surface area contributed by atoms with Crippen molar-refractivity contribution >= 4 is 11.8 Å². The number of alkyl halides is 3. The van der Waals surface area contributed by atoms with E-state index in [0.29, 0.717) is 12.1 Å². The average molecular weight is 380 g/mol. The quantitative estimate of drug-likeness (QED) is 0.363. The van der Waals surface area contributed by atoms with Crippen LogP contribution in [0.15, 0.2) is 42.5 Å². The van der Waals surface area contributed by atoms with Crippen LogP contribution in [0.1, 0.15) is 23.1 Å². The Kier molecular flexibility index (Phi) is 6.66. The largest absolute Gasteiger partial charge is 0.445 e. The highest BCUT2D eigenvalue weighted by molar-refractivity contribution is 5.67. The summed E-state index contributed by atoms with van der Waals surface area (Å²) in [4.78, 5) is 11.5. The number of benzene rings is 2. The number of anilines is 1. The summed E-state index contributed by atoms with van der Waals surface area (Å²) in [7, 11) is 0. The molecule has 0 unspecified atom stereocenters. The molecule has 0 heterocycles. The molecule has 0 aliphatic heterocycles. The lowest BCUT2D eigenvalue weighted by Crippen LogP contribution is -2.24. The minimum Gasteiger partial charge on any atom is -0.445 e. The first-order valence-corrected chi connectivity index (χ1v) is 7.87. The maximum atomic E-state index is 13.4. The standard InChI is InChI=1S/C19H16F4N2O2/c20-16-10-14(15(11-17(16)24)19(21,22)23)8-4-5-9-25-18(26)27-12-13-6-2-1-3-7-13/h1-3,6-7,10-11H,5,9,12,24H2,(H,25,26). The van der Waals surface area contributed by atoms with Gasteiger partial charge in [0.15, 0.2) is 0 Å². The van der Waals surface area contributed by atoms with Gasteiger partial charge in [0.1, 0.15) is 12.4 Å². The minimum absolute atomic E-state index is 0.0593. The second-order valence-electron chi connectivity index (χ2n) is 5.46. The number of carbonyl (C=O) groups is 1. The zero-order chi connectivity index (χ0) is 19.9. The molecule has 0 saturated heterocycles. The van der Waals surface area contributed by atoms with Crippen LogP contribution in [-0.2, 0) is 17.5 Å². The van der Waals surface area contributed by atoms with E-state index in [1.165, 1.54) is 0 Å². The van der Waals surface area contributed by atoms with E-state index in [4.69, 9.17) is 10.5 Å². The van der Waals surface area contributed by atoms with Crippen LogP contribution >= 0.6 is 0 Å². The Balaban J connectivity index is 1.87. The van der Waals surface area contributed by atoms with Crippen molar-refractivity contribution in [3.8, 4) is 11.8 Å². The van der Waals surface area contributed by atoms with Gasteiger partial charge in [-0.05, 0) is 17.7 Å². The van der Waals surface area contributed by atoms with Crippen molar-refractivity contribution in [3.63, 3.8) is 0 Å². The summed E-state index contributed by atoms with van der Waals surface area (Å²) in [5, 5.41) is 2.42. The van der Waals surface area contributed by atoms with Gasteiger partial charge in [0.05, 0.1) is 11.3 Å². The Morgan fingerprint density at radius 1 is 1.19 bits per heavy atom. The van der Waals surface area contributed by atoms with Crippen molar-refractivity contribution in [1.29, 1.82) is 0 Å². The number of amides is 1. The smallest absolute Gasteiger partial charge is 0.417 e. The molecule has 0 saturated carbocycles. The number of nitrogen functional groups attached to an aromatic ring is 1. The van der Waals surface area contributed by atoms with Gasteiger partial charge in [-0.25, -0.2) is 9.18 Å². The van der Waals surface area contributed by atoms with Crippen molar-refractivity contribution in [2.75, 3.05) is 12.3 Å². The summed E-state index contributed by atoms with van der Waals surface area (Å²) in [6, 6.07) is 10.2. The Morgan fingerprint density at radius 3 is 2.56 bits per heavy atom. The van der Waals surface area contributed by atoms with Crippen LogP contribution in [0, 0.1) is 17.7 Å². The van der Waals surface area contributed by atoms with Gasteiger partial charge in [0.25, 0.3) is 0 Å². The molecule has 0 radical (unpaired) electrons. The van der Waals surface area contributed by atoms with Gasteiger partial charge in [-0.2, -0.15) is 13.2 Å². The second kappa shape index (κ2) is 8.94. The number of hydrogen-bond donors (Lipinski definition) is 2. The molecule has 8 heteroatoms. The van der Waals surface area contributed by atoms with Gasteiger partial charge in [-0.15, -0.1) is 0 Å². The van der Waals surface area contributed by atoms with Crippen LogP contribution in [0.4, 0.5) is 28.0 Å².